The van der Waals surface area contributed by atoms with E-state index in [1.807, 2.05) is 6.92 Å². The van der Waals surface area contributed by atoms with Crippen molar-refractivity contribution >= 4 is 11.9 Å². The molecule has 2 unspecified atom stereocenters. The molecule has 0 radical (unpaired) electrons. The van der Waals surface area contributed by atoms with E-state index in [0.29, 0.717) is 0 Å². The lowest BCUT2D eigenvalue weighted by Crippen LogP contribution is -2.41. The molecule has 6 heteroatoms. The van der Waals surface area contributed by atoms with Crippen LogP contribution in [0.4, 0.5) is 4.39 Å². The third-order valence-electron chi connectivity index (χ3n) is 3.17. The highest BCUT2D eigenvalue weighted by Gasteiger charge is 2.21. The van der Waals surface area contributed by atoms with Crippen LogP contribution in [0.15, 0.2) is 24.3 Å². The van der Waals surface area contributed by atoms with Crippen LogP contribution in [-0.4, -0.2) is 36.7 Å². The van der Waals surface area contributed by atoms with Gasteiger partial charge in [-0.05, 0) is 23.6 Å². The number of nitrogens with one attached hydrogen (secondary N) is 1. The summed E-state index contributed by atoms with van der Waals surface area (Å²) >= 11 is 0. The van der Waals surface area contributed by atoms with Crippen molar-refractivity contribution in [3.05, 3.63) is 35.6 Å². The van der Waals surface area contributed by atoms with Crippen LogP contribution >= 0.6 is 0 Å². The molecule has 1 aromatic carbocycles. The van der Waals surface area contributed by atoms with Gasteiger partial charge in [0.1, 0.15) is 11.9 Å². The van der Waals surface area contributed by atoms with E-state index in [4.69, 9.17) is 9.84 Å². The minimum absolute atomic E-state index is 0.123. The summed E-state index contributed by atoms with van der Waals surface area (Å²) in [6, 6.07) is 4.95. The molecule has 0 aromatic heterocycles. The highest BCUT2D eigenvalue weighted by atomic mass is 19.1. The Kier molecular flexibility index (Phi) is 6.81. The first-order valence-electron chi connectivity index (χ1n) is 6.70. The number of carbonyl (C=O) groups excluding carboxylic acids is 1. The van der Waals surface area contributed by atoms with E-state index in [1.165, 1.54) is 19.2 Å². The number of methoxy groups -OCH3 is 1. The molecule has 1 amide bonds. The van der Waals surface area contributed by atoms with Crippen LogP contribution in [0.2, 0.25) is 0 Å². The number of hydrogen-bond donors (Lipinski definition) is 2. The minimum atomic E-state index is -1.09. The third-order valence-corrected chi connectivity index (χ3v) is 3.17. The summed E-state index contributed by atoms with van der Waals surface area (Å²) < 4.78 is 17.7. The second kappa shape index (κ2) is 8.36. The van der Waals surface area contributed by atoms with Gasteiger partial charge in [-0.25, -0.2) is 9.18 Å². The van der Waals surface area contributed by atoms with Gasteiger partial charge < -0.3 is 15.2 Å². The Bertz CT molecular complexity index is 475. The number of carboxylic acids is 1. The Morgan fingerprint density at radius 1 is 1.33 bits per heavy atom. The van der Waals surface area contributed by atoms with E-state index < -0.39 is 12.0 Å². The van der Waals surface area contributed by atoms with Crippen LogP contribution in [0.3, 0.4) is 0 Å². The highest BCUT2D eigenvalue weighted by molar-refractivity contribution is 5.83. The van der Waals surface area contributed by atoms with Crippen LogP contribution in [0, 0.1) is 5.82 Å². The first-order chi connectivity index (χ1) is 9.93. The van der Waals surface area contributed by atoms with Crippen LogP contribution in [-0.2, 0) is 14.3 Å². The average Bonchev–Trinajstić information content (AvgIpc) is 2.43. The summed E-state index contributed by atoms with van der Waals surface area (Å²) in [7, 11) is 1.47. The van der Waals surface area contributed by atoms with Gasteiger partial charge in [0.25, 0.3) is 0 Å². The maximum absolute atomic E-state index is 12.8. The number of amides is 1. The monoisotopic (exact) mass is 297 g/mol. The van der Waals surface area contributed by atoms with E-state index in [-0.39, 0.29) is 37.1 Å². The van der Waals surface area contributed by atoms with Gasteiger partial charge in [-0.15, -0.1) is 0 Å². The molecule has 0 heterocycles. The fourth-order valence-corrected chi connectivity index (χ4v) is 1.93. The molecule has 5 nitrogen and oxygen atoms in total. The molecule has 0 spiro atoms. The molecule has 21 heavy (non-hydrogen) atoms. The molecule has 0 fully saturated rings. The van der Waals surface area contributed by atoms with Crippen molar-refractivity contribution in [3.8, 4) is 0 Å². The lowest BCUT2D eigenvalue weighted by molar-refractivity contribution is -0.142. The van der Waals surface area contributed by atoms with E-state index in [1.54, 1.807) is 12.1 Å². The average molecular weight is 297 g/mol. The quantitative estimate of drug-likeness (QED) is 0.768. The molecule has 116 valence electrons. The molecule has 1 rings (SSSR count). The normalized spacial score (nSPS) is 13.5. The van der Waals surface area contributed by atoms with Crippen LogP contribution in [0.25, 0.3) is 0 Å². The number of halogens is 1. The van der Waals surface area contributed by atoms with Crippen molar-refractivity contribution in [2.24, 2.45) is 0 Å². The fraction of sp³-hybridized carbons (Fsp3) is 0.467. The van der Waals surface area contributed by atoms with Crippen molar-refractivity contribution in [3.63, 3.8) is 0 Å². The second-order valence-corrected chi connectivity index (χ2v) is 4.90. The molecule has 0 bridgehead atoms. The third kappa shape index (κ3) is 5.91. The maximum atomic E-state index is 12.8. The number of aliphatic carboxylic acids is 1. The van der Waals surface area contributed by atoms with Crippen molar-refractivity contribution in [1.29, 1.82) is 0 Å². The Morgan fingerprint density at radius 3 is 2.48 bits per heavy atom. The van der Waals surface area contributed by atoms with Gasteiger partial charge >= 0.3 is 5.97 Å². The van der Waals surface area contributed by atoms with E-state index in [2.05, 4.69) is 5.32 Å². The smallest absolute Gasteiger partial charge is 0.326 e. The van der Waals surface area contributed by atoms with Crippen molar-refractivity contribution in [2.45, 2.75) is 31.7 Å². The van der Waals surface area contributed by atoms with E-state index >= 15 is 0 Å². The summed E-state index contributed by atoms with van der Waals surface area (Å²) in [6.07, 6.45) is 0.352. The number of ether oxygens (including phenoxy) is 1. The van der Waals surface area contributed by atoms with Gasteiger partial charge in [0, 0.05) is 26.6 Å². The SMILES string of the molecule is COCCC(NC(=O)CC(C)c1ccc(F)cc1)C(=O)O. The van der Waals surface area contributed by atoms with Crippen LogP contribution < -0.4 is 5.32 Å². The Labute approximate surface area is 123 Å². The highest BCUT2D eigenvalue weighted by Crippen LogP contribution is 2.19. The summed E-state index contributed by atoms with van der Waals surface area (Å²) in [5.41, 5.74) is 0.829. The molecule has 1 aromatic rings. The van der Waals surface area contributed by atoms with E-state index in [0.717, 1.165) is 5.56 Å². The van der Waals surface area contributed by atoms with Crippen LogP contribution in [0.1, 0.15) is 31.2 Å². The summed E-state index contributed by atoms with van der Waals surface area (Å²) in [4.78, 5) is 22.9. The molecule has 0 saturated heterocycles. The zero-order valence-corrected chi connectivity index (χ0v) is 12.1. The topological polar surface area (TPSA) is 75.6 Å². The molecule has 0 aliphatic heterocycles. The Morgan fingerprint density at radius 2 is 1.95 bits per heavy atom. The molecular formula is C15H20FNO4. The Hall–Kier alpha value is -1.95. The summed E-state index contributed by atoms with van der Waals surface area (Å²) in [5, 5.41) is 11.5. The predicted molar refractivity (Wildman–Crippen MR) is 75.5 cm³/mol. The lowest BCUT2D eigenvalue weighted by atomic mass is 9.97. The number of carbonyl (C=O) groups is 2. The number of carboxylic acid groups (broad SMARTS) is 1. The Balaban J connectivity index is 2.54. The molecule has 0 saturated carbocycles. The molecule has 2 atom stereocenters. The molecule has 2 N–H and O–H groups in total. The number of hydrogen-bond acceptors (Lipinski definition) is 3. The van der Waals surface area contributed by atoms with Gasteiger partial charge in [-0.1, -0.05) is 19.1 Å². The standard InChI is InChI=1S/C15H20FNO4/c1-10(11-3-5-12(16)6-4-11)9-14(18)17-13(15(19)20)7-8-21-2/h3-6,10,13H,7-9H2,1-2H3,(H,17,18)(H,19,20). The zero-order chi connectivity index (χ0) is 15.8. The zero-order valence-electron chi connectivity index (χ0n) is 12.1. The van der Waals surface area contributed by atoms with Gasteiger partial charge in [-0.2, -0.15) is 0 Å². The molecule has 0 aliphatic rings. The van der Waals surface area contributed by atoms with Gasteiger partial charge in [0.05, 0.1) is 0 Å². The number of rotatable bonds is 8. The van der Waals surface area contributed by atoms with Gasteiger partial charge in [0.2, 0.25) is 5.91 Å². The largest absolute Gasteiger partial charge is 0.480 e. The van der Waals surface area contributed by atoms with Gasteiger partial charge in [0.15, 0.2) is 0 Å². The van der Waals surface area contributed by atoms with Crippen molar-refractivity contribution in [1.82, 2.24) is 5.32 Å². The van der Waals surface area contributed by atoms with Gasteiger partial charge in [-0.3, -0.25) is 4.79 Å². The van der Waals surface area contributed by atoms with Crippen molar-refractivity contribution in [2.75, 3.05) is 13.7 Å². The molecular weight excluding hydrogens is 277 g/mol. The number of benzene rings is 1. The molecule has 0 aliphatic carbocycles. The van der Waals surface area contributed by atoms with E-state index in [9.17, 15) is 14.0 Å². The lowest BCUT2D eigenvalue weighted by Gasteiger charge is -2.16. The second-order valence-electron chi connectivity index (χ2n) is 4.90. The first-order valence-corrected chi connectivity index (χ1v) is 6.70. The fourth-order valence-electron chi connectivity index (χ4n) is 1.93. The van der Waals surface area contributed by atoms with Crippen molar-refractivity contribution < 1.29 is 23.8 Å². The maximum Gasteiger partial charge on any atom is 0.326 e. The summed E-state index contributed by atoms with van der Waals surface area (Å²) in [6.45, 7) is 2.09. The minimum Gasteiger partial charge on any atom is -0.480 e. The first kappa shape index (κ1) is 17.1. The predicted octanol–water partition coefficient (Wildman–Crippen LogP) is 1.93. The summed E-state index contributed by atoms with van der Waals surface area (Å²) in [5.74, 6) is -1.89. The van der Waals surface area contributed by atoms with Crippen LogP contribution in [0.5, 0.6) is 0 Å².